The largest absolute Gasteiger partial charge is 0.326 e. The van der Waals surface area contributed by atoms with E-state index in [9.17, 15) is 12.8 Å². The molecule has 0 bridgehead atoms. The third-order valence-corrected chi connectivity index (χ3v) is 5.46. The minimum Gasteiger partial charge on any atom is -0.326 e. The Labute approximate surface area is 125 Å². The molecule has 1 fully saturated rings. The highest BCUT2D eigenvalue weighted by Gasteiger charge is 2.35. The lowest BCUT2D eigenvalue weighted by Gasteiger charge is -2.36. The zero-order valence-corrected chi connectivity index (χ0v) is 13.0. The standard InChI is InChI=1S/C13H19FN2O2S.ClH/c1-10(15)13-4-2-3-9-16(13)19(17,18)12-7-5-11(14)6-8-12;/h5-8,10,13H,2-4,9,15H2,1H3;1H. The van der Waals surface area contributed by atoms with Gasteiger partial charge in [-0.25, -0.2) is 12.8 Å². The van der Waals surface area contributed by atoms with Crippen molar-refractivity contribution >= 4 is 22.4 Å². The van der Waals surface area contributed by atoms with Gasteiger partial charge in [0, 0.05) is 18.6 Å². The van der Waals surface area contributed by atoms with Gasteiger partial charge in [0.15, 0.2) is 0 Å². The van der Waals surface area contributed by atoms with Gasteiger partial charge >= 0.3 is 0 Å². The van der Waals surface area contributed by atoms with Crippen molar-refractivity contribution in [3.05, 3.63) is 30.1 Å². The summed E-state index contributed by atoms with van der Waals surface area (Å²) in [6, 6.07) is 4.55. The van der Waals surface area contributed by atoms with Gasteiger partial charge in [0.1, 0.15) is 5.82 Å². The predicted octanol–water partition coefficient (Wildman–Crippen LogP) is 2.14. The molecular weight excluding hydrogens is 303 g/mol. The summed E-state index contributed by atoms with van der Waals surface area (Å²) < 4.78 is 39.5. The summed E-state index contributed by atoms with van der Waals surface area (Å²) in [5.41, 5.74) is 5.89. The van der Waals surface area contributed by atoms with Crippen molar-refractivity contribution in [2.24, 2.45) is 5.73 Å². The van der Waals surface area contributed by atoms with Crippen molar-refractivity contribution < 1.29 is 12.8 Å². The van der Waals surface area contributed by atoms with Crippen LogP contribution in [0.5, 0.6) is 0 Å². The van der Waals surface area contributed by atoms with E-state index in [1.54, 1.807) is 0 Å². The van der Waals surface area contributed by atoms with E-state index < -0.39 is 15.8 Å². The molecule has 2 unspecified atom stereocenters. The van der Waals surface area contributed by atoms with Crippen LogP contribution in [0.2, 0.25) is 0 Å². The first-order chi connectivity index (χ1) is 8.93. The predicted molar refractivity (Wildman–Crippen MR) is 78.8 cm³/mol. The summed E-state index contributed by atoms with van der Waals surface area (Å²) in [5, 5.41) is 0. The molecule has 0 amide bonds. The van der Waals surface area contributed by atoms with Crippen LogP contribution >= 0.6 is 12.4 Å². The number of nitrogens with zero attached hydrogens (tertiary/aromatic N) is 1. The molecule has 0 spiro atoms. The van der Waals surface area contributed by atoms with Crippen LogP contribution in [0.1, 0.15) is 26.2 Å². The van der Waals surface area contributed by atoms with E-state index in [0.717, 1.165) is 31.4 Å². The fraction of sp³-hybridized carbons (Fsp3) is 0.538. The van der Waals surface area contributed by atoms with Crippen molar-refractivity contribution in [2.45, 2.75) is 43.2 Å². The molecule has 20 heavy (non-hydrogen) atoms. The lowest BCUT2D eigenvalue weighted by Crippen LogP contribution is -2.51. The van der Waals surface area contributed by atoms with Gasteiger partial charge in [-0.2, -0.15) is 4.31 Å². The van der Waals surface area contributed by atoms with Crippen LogP contribution in [0.15, 0.2) is 29.2 Å². The summed E-state index contributed by atoms with van der Waals surface area (Å²) in [7, 11) is -3.59. The maximum atomic E-state index is 12.9. The molecule has 0 aliphatic carbocycles. The van der Waals surface area contributed by atoms with Gasteiger partial charge in [-0.05, 0) is 44.0 Å². The monoisotopic (exact) mass is 322 g/mol. The van der Waals surface area contributed by atoms with E-state index in [4.69, 9.17) is 5.73 Å². The van der Waals surface area contributed by atoms with Gasteiger partial charge in [0.25, 0.3) is 0 Å². The minimum atomic E-state index is -3.59. The number of sulfonamides is 1. The zero-order chi connectivity index (χ0) is 14.0. The van der Waals surface area contributed by atoms with Crippen LogP contribution in [-0.4, -0.2) is 31.4 Å². The number of rotatable bonds is 3. The Morgan fingerprint density at radius 2 is 1.90 bits per heavy atom. The van der Waals surface area contributed by atoms with Crippen LogP contribution in [0.25, 0.3) is 0 Å². The van der Waals surface area contributed by atoms with Crippen LogP contribution < -0.4 is 5.73 Å². The third-order valence-electron chi connectivity index (χ3n) is 3.53. The number of hydrogen-bond donors (Lipinski definition) is 1. The van der Waals surface area contributed by atoms with Crippen LogP contribution in [0.3, 0.4) is 0 Å². The highest BCUT2D eigenvalue weighted by atomic mass is 35.5. The Hall–Kier alpha value is -0.690. The van der Waals surface area contributed by atoms with E-state index in [-0.39, 0.29) is 29.4 Å². The average molecular weight is 323 g/mol. The molecule has 114 valence electrons. The molecular formula is C13H20ClFN2O2S. The molecule has 2 rings (SSSR count). The van der Waals surface area contributed by atoms with Crippen molar-refractivity contribution in [1.29, 1.82) is 0 Å². The molecule has 1 aromatic rings. The number of hydrogen-bond acceptors (Lipinski definition) is 3. The van der Waals surface area contributed by atoms with Crippen LogP contribution in [0, 0.1) is 5.82 Å². The topological polar surface area (TPSA) is 63.4 Å². The minimum absolute atomic E-state index is 0. The van der Waals surface area contributed by atoms with E-state index >= 15 is 0 Å². The lowest BCUT2D eigenvalue weighted by molar-refractivity contribution is 0.227. The van der Waals surface area contributed by atoms with Gasteiger partial charge in [0.05, 0.1) is 4.90 Å². The molecule has 1 heterocycles. The van der Waals surface area contributed by atoms with Gasteiger partial charge in [-0.3, -0.25) is 0 Å². The van der Waals surface area contributed by atoms with Crippen molar-refractivity contribution in [2.75, 3.05) is 6.54 Å². The van der Waals surface area contributed by atoms with Crippen molar-refractivity contribution in [3.63, 3.8) is 0 Å². The van der Waals surface area contributed by atoms with Gasteiger partial charge in [-0.1, -0.05) is 6.42 Å². The molecule has 0 radical (unpaired) electrons. The summed E-state index contributed by atoms with van der Waals surface area (Å²) in [6.07, 6.45) is 2.60. The molecule has 4 nitrogen and oxygen atoms in total. The quantitative estimate of drug-likeness (QED) is 0.927. The molecule has 1 aromatic carbocycles. The Balaban J connectivity index is 0.00000200. The summed E-state index contributed by atoms with van der Waals surface area (Å²) in [6.45, 7) is 2.30. The zero-order valence-electron chi connectivity index (χ0n) is 11.3. The van der Waals surface area contributed by atoms with Crippen LogP contribution in [-0.2, 0) is 10.0 Å². The number of benzene rings is 1. The summed E-state index contributed by atoms with van der Waals surface area (Å²) in [4.78, 5) is 0.126. The number of nitrogens with two attached hydrogens (primary N) is 1. The fourth-order valence-electron chi connectivity index (χ4n) is 2.50. The normalized spacial score (nSPS) is 22.1. The SMILES string of the molecule is CC(N)C1CCCCN1S(=O)(=O)c1ccc(F)cc1.Cl. The lowest BCUT2D eigenvalue weighted by atomic mass is 10.00. The Bertz CT molecular complexity index is 534. The molecule has 1 saturated heterocycles. The first-order valence-corrected chi connectivity index (χ1v) is 7.90. The van der Waals surface area contributed by atoms with E-state index in [1.165, 1.54) is 16.4 Å². The summed E-state index contributed by atoms with van der Waals surface area (Å²) in [5.74, 6) is -0.443. The second-order valence-corrected chi connectivity index (χ2v) is 6.88. The number of piperidine rings is 1. The summed E-state index contributed by atoms with van der Waals surface area (Å²) >= 11 is 0. The van der Waals surface area contributed by atoms with Gasteiger partial charge in [-0.15, -0.1) is 12.4 Å². The van der Waals surface area contributed by atoms with Crippen LogP contribution in [0.4, 0.5) is 4.39 Å². The molecule has 1 aliphatic rings. The third kappa shape index (κ3) is 3.49. The smallest absolute Gasteiger partial charge is 0.243 e. The van der Waals surface area contributed by atoms with Crippen molar-refractivity contribution in [1.82, 2.24) is 4.31 Å². The maximum absolute atomic E-state index is 12.9. The van der Waals surface area contributed by atoms with Gasteiger partial charge < -0.3 is 5.73 Å². The van der Waals surface area contributed by atoms with Gasteiger partial charge in [0.2, 0.25) is 10.0 Å². The molecule has 7 heteroatoms. The number of halogens is 2. The van der Waals surface area contributed by atoms with E-state index in [0.29, 0.717) is 6.54 Å². The second kappa shape index (κ2) is 6.85. The molecule has 2 atom stereocenters. The van der Waals surface area contributed by atoms with Crippen molar-refractivity contribution in [3.8, 4) is 0 Å². The average Bonchev–Trinajstić information content (AvgIpc) is 2.39. The first kappa shape index (κ1) is 17.4. The Morgan fingerprint density at radius 3 is 2.45 bits per heavy atom. The maximum Gasteiger partial charge on any atom is 0.243 e. The molecule has 2 N–H and O–H groups in total. The molecule has 1 aliphatic heterocycles. The highest BCUT2D eigenvalue weighted by molar-refractivity contribution is 7.89. The Kier molecular flexibility index (Phi) is 5.94. The molecule has 0 saturated carbocycles. The highest BCUT2D eigenvalue weighted by Crippen LogP contribution is 2.26. The van der Waals surface area contributed by atoms with E-state index in [2.05, 4.69) is 0 Å². The first-order valence-electron chi connectivity index (χ1n) is 6.46. The Morgan fingerprint density at radius 1 is 1.30 bits per heavy atom. The molecule has 0 aromatic heterocycles. The second-order valence-electron chi connectivity index (χ2n) is 4.99. The van der Waals surface area contributed by atoms with E-state index in [1.807, 2.05) is 6.92 Å². The fourth-order valence-corrected chi connectivity index (χ4v) is 4.27.